The van der Waals surface area contributed by atoms with E-state index in [9.17, 15) is 13.2 Å². The monoisotopic (exact) mass is 448 g/mol. The van der Waals surface area contributed by atoms with Gasteiger partial charge in [-0.1, -0.05) is 34.1 Å². The van der Waals surface area contributed by atoms with Crippen LogP contribution in [0.1, 0.15) is 18.4 Å². The number of sulfonamides is 1. The Kier molecular flexibility index (Phi) is 5.09. The number of rotatable bonds is 3. The zero-order chi connectivity index (χ0) is 19.0. The second-order valence-electron chi connectivity index (χ2n) is 7.03. The third-order valence-electron chi connectivity index (χ3n) is 5.32. The topological polar surface area (TPSA) is 57.7 Å². The summed E-state index contributed by atoms with van der Waals surface area (Å²) in [4.78, 5) is 15.3. The Balaban J connectivity index is 1.53. The molecule has 1 saturated heterocycles. The first-order valence-electron chi connectivity index (χ1n) is 9.12. The number of piperidine rings is 1. The van der Waals surface area contributed by atoms with E-state index in [2.05, 4.69) is 22.0 Å². The van der Waals surface area contributed by atoms with E-state index >= 15 is 0 Å². The minimum absolute atomic E-state index is 0.0315. The molecule has 0 spiro atoms. The number of hydrogen-bond acceptors (Lipinski definition) is 3. The summed E-state index contributed by atoms with van der Waals surface area (Å²) in [5, 5.41) is 0. The highest BCUT2D eigenvalue weighted by Gasteiger charge is 2.36. The predicted octanol–water partition coefficient (Wildman–Crippen LogP) is 3.44. The van der Waals surface area contributed by atoms with Crippen LogP contribution in [0.25, 0.3) is 0 Å². The minimum atomic E-state index is -3.56. The largest absolute Gasteiger partial charge is 0.312 e. The Morgan fingerprint density at radius 1 is 1.07 bits per heavy atom. The zero-order valence-electron chi connectivity index (χ0n) is 14.8. The Bertz CT molecular complexity index is 962. The number of benzene rings is 2. The van der Waals surface area contributed by atoms with Crippen LogP contribution >= 0.6 is 15.9 Å². The van der Waals surface area contributed by atoms with Crippen LogP contribution in [0.2, 0.25) is 0 Å². The molecule has 2 aromatic rings. The molecular weight excluding hydrogens is 428 g/mol. The highest BCUT2D eigenvalue weighted by molar-refractivity contribution is 9.10. The molecule has 5 nitrogen and oxygen atoms in total. The van der Waals surface area contributed by atoms with Crippen LogP contribution in [0.5, 0.6) is 0 Å². The summed E-state index contributed by atoms with van der Waals surface area (Å²) >= 11 is 3.47. The van der Waals surface area contributed by atoms with Crippen molar-refractivity contribution in [2.75, 3.05) is 24.5 Å². The summed E-state index contributed by atoms with van der Waals surface area (Å²) in [6, 6.07) is 14.4. The van der Waals surface area contributed by atoms with E-state index in [0.717, 1.165) is 28.6 Å². The first-order chi connectivity index (χ1) is 13.0. The van der Waals surface area contributed by atoms with Gasteiger partial charge in [0, 0.05) is 29.8 Å². The molecule has 0 radical (unpaired) electrons. The van der Waals surface area contributed by atoms with Gasteiger partial charge < -0.3 is 4.90 Å². The van der Waals surface area contributed by atoms with Crippen molar-refractivity contribution in [3.8, 4) is 0 Å². The zero-order valence-corrected chi connectivity index (χ0v) is 17.2. The van der Waals surface area contributed by atoms with Crippen molar-refractivity contribution in [2.24, 2.45) is 5.92 Å². The van der Waals surface area contributed by atoms with Crippen LogP contribution in [-0.2, 0) is 21.2 Å². The van der Waals surface area contributed by atoms with Crippen molar-refractivity contribution in [2.45, 2.75) is 24.2 Å². The van der Waals surface area contributed by atoms with Crippen molar-refractivity contribution in [1.29, 1.82) is 0 Å². The van der Waals surface area contributed by atoms with E-state index < -0.39 is 10.0 Å². The van der Waals surface area contributed by atoms with Gasteiger partial charge in [-0.15, -0.1) is 0 Å². The molecule has 1 atom stereocenters. The summed E-state index contributed by atoms with van der Waals surface area (Å²) in [6.45, 7) is 1.37. The SMILES string of the molecule is O=C(C1CCCN(S(=O)(=O)c2ccccc2)C1)N1CCc2cc(Br)ccc21. The molecular formula is C20H21BrN2O3S. The van der Waals surface area contributed by atoms with Gasteiger partial charge in [0.25, 0.3) is 0 Å². The van der Waals surface area contributed by atoms with Crippen molar-refractivity contribution in [3.05, 3.63) is 58.6 Å². The number of halogens is 1. The van der Waals surface area contributed by atoms with Gasteiger partial charge in [-0.05, 0) is 55.2 Å². The second kappa shape index (κ2) is 7.37. The number of fused-ring (bicyclic) bond motifs is 1. The molecule has 7 heteroatoms. The van der Waals surface area contributed by atoms with Crippen molar-refractivity contribution < 1.29 is 13.2 Å². The van der Waals surface area contributed by atoms with Crippen LogP contribution in [-0.4, -0.2) is 38.3 Å². The van der Waals surface area contributed by atoms with Gasteiger partial charge in [0.15, 0.2) is 0 Å². The van der Waals surface area contributed by atoms with Crippen LogP contribution in [0.4, 0.5) is 5.69 Å². The second-order valence-corrected chi connectivity index (χ2v) is 9.88. The minimum Gasteiger partial charge on any atom is -0.312 e. The Morgan fingerprint density at radius 2 is 1.85 bits per heavy atom. The van der Waals surface area contributed by atoms with Crippen molar-refractivity contribution in [1.82, 2.24) is 4.31 Å². The highest BCUT2D eigenvalue weighted by atomic mass is 79.9. The van der Waals surface area contributed by atoms with Gasteiger partial charge in [0.05, 0.1) is 10.8 Å². The first-order valence-corrected chi connectivity index (χ1v) is 11.3. The summed E-state index contributed by atoms with van der Waals surface area (Å²) in [5.41, 5.74) is 2.11. The molecule has 0 saturated carbocycles. The van der Waals surface area contributed by atoms with Gasteiger partial charge in [0.2, 0.25) is 15.9 Å². The van der Waals surface area contributed by atoms with Crippen LogP contribution in [0.3, 0.4) is 0 Å². The third-order valence-corrected chi connectivity index (χ3v) is 7.69. The molecule has 142 valence electrons. The number of amides is 1. The lowest BCUT2D eigenvalue weighted by Gasteiger charge is -2.33. The summed E-state index contributed by atoms with van der Waals surface area (Å²) in [7, 11) is -3.56. The predicted molar refractivity (Wildman–Crippen MR) is 108 cm³/mol. The van der Waals surface area contributed by atoms with E-state index in [0.29, 0.717) is 19.5 Å². The summed E-state index contributed by atoms with van der Waals surface area (Å²) in [5.74, 6) is -0.268. The molecule has 2 aliphatic rings. The molecule has 1 unspecified atom stereocenters. The number of hydrogen-bond donors (Lipinski definition) is 0. The molecule has 0 bridgehead atoms. The first kappa shape index (κ1) is 18.7. The number of nitrogens with zero attached hydrogens (tertiary/aromatic N) is 2. The quantitative estimate of drug-likeness (QED) is 0.722. The average molecular weight is 449 g/mol. The highest BCUT2D eigenvalue weighted by Crippen LogP contribution is 2.33. The van der Waals surface area contributed by atoms with E-state index in [1.807, 2.05) is 17.0 Å². The summed E-state index contributed by atoms with van der Waals surface area (Å²) in [6.07, 6.45) is 2.25. The van der Waals surface area contributed by atoms with E-state index in [4.69, 9.17) is 0 Å². The Hall–Kier alpha value is -1.70. The Labute approximate surface area is 168 Å². The molecule has 2 aromatic carbocycles. The number of carbonyl (C=O) groups excluding carboxylic acids is 1. The van der Waals surface area contributed by atoms with Crippen molar-refractivity contribution >= 4 is 37.5 Å². The molecule has 0 aromatic heterocycles. The fraction of sp³-hybridized carbons (Fsp3) is 0.350. The summed E-state index contributed by atoms with van der Waals surface area (Å²) < 4.78 is 28.3. The standard InChI is InChI=1S/C20H21BrN2O3S/c21-17-8-9-19-15(13-17)10-12-23(19)20(24)16-5-4-11-22(14-16)27(25,26)18-6-2-1-3-7-18/h1-3,6-9,13,16H,4-5,10-12,14H2. The van der Waals surface area contributed by atoms with Gasteiger partial charge in [-0.3, -0.25) is 4.79 Å². The lowest BCUT2D eigenvalue weighted by Crippen LogP contribution is -2.46. The fourth-order valence-electron chi connectivity index (χ4n) is 3.92. The molecule has 27 heavy (non-hydrogen) atoms. The maximum absolute atomic E-state index is 13.1. The van der Waals surface area contributed by atoms with Gasteiger partial charge >= 0.3 is 0 Å². The molecule has 2 heterocycles. The van der Waals surface area contributed by atoms with Crippen LogP contribution in [0.15, 0.2) is 57.9 Å². The maximum Gasteiger partial charge on any atom is 0.243 e. The van der Waals surface area contributed by atoms with Crippen LogP contribution < -0.4 is 4.90 Å². The molecule has 4 rings (SSSR count). The van der Waals surface area contributed by atoms with E-state index in [1.54, 1.807) is 30.3 Å². The van der Waals surface area contributed by atoms with E-state index in [-0.39, 0.29) is 23.3 Å². The molecule has 2 aliphatic heterocycles. The number of anilines is 1. The fourth-order valence-corrected chi connectivity index (χ4v) is 5.88. The Morgan fingerprint density at radius 3 is 2.63 bits per heavy atom. The molecule has 1 amide bonds. The molecule has 0 aliphatic carbocycles. The number of carbonyl (C=O) groups is 1. The normalized spacial score (nSPS) is 20.5. The average Bonchev–Trinajstić information content (AvgIpc) is 3.11. The van der Waals surface area contributed by atoms with Gasteiger partial charge in [-0.2, -0.15) is 4.31 Å². The lowest BCUT2D eigenvalue weighted by molar-refractivity contribution is -0.123. The van der Waals surface area contributed by atoms with Crippen LogP contribution in [0, 0.1) is 5.92 Å². The van der Waals surface area contributed by atoms with Crippen molar-refractivity contribution in [3.63, 3.8) is 0 Å². The van der Waals surface area contributed by atoms with E-state index in [1.165, 1.54) is 4.31 Å². The third kappa shape index (κ3) is 3.56. The smallest absolute Gasteiger partial charge is 0.243 e. The maximum atomic E-state index is 13.1. The molecule has 0 N–H and O–H groups in total. The molecule has 1 fully saturated rings. The lowest BCUT2D eigenvalue weighted by atomic mass is 9.98. The van der Waals surface area contributed by atoms with Gasteiger partial charge in [0.1, 0.15) is 0 Å². The van der Waals surface area contributed by atoms with Gasteiger partial charge in [-0.25, -0.2) is 8.42 Å².